The topological polar surface area (TPSA) is 15.3 Å². The van der Waals surface area contributed by atoms with E-state index in [0.29, 0.717) is 0 Å². The zero-order valence-electron chi connectivity index (χ0n) is 40.5. The molecule has 0 fully saturated rings. The molecule has 1 N–H and O–H groups in total. The highest BCUT2D eigenvalue weighted by molar-refractivity contribution is 6.74. The van der Waals surface area contributed by atoms with Gasteiger partial charge < -0.3 is 10.2 Å². The van der Waals surface area contributed by atoms with Crippen molar-refractivity contribution in [3.05, 3.63) is 186 Å². The molecule has 66 heavy (non-hydrogen) atoms. The second kappa shape index (κ2) is 15.4. The summed E-state index contributed by atoms with van der Waals surface area (Å²) in [5.41, 5.74) is 23.9. The van der Waals surface area contributed by atoms with Crippen molar-refractivity contribution >= 4 is 57.4 Å². The van der Waals surface area contributed by atoms with Gasteiger partial charge in [-0.1, -0.05) is 170 Å². The number of hydrogen-bond donors (Lipinski definition) is 1. The van der Waals surface area contributed by atoms with Gasteiger partial charge in [-0.25, -0.2) is 0 Å². The maximum absolute atomic E-state index is 4.06. The van der Waals surface area contributed by atoms with Gasteiger partial charge in [0.1, 0.15) is 0 Å². The highest BCUT2D eigenvalue weighted by Gasteiger charge is 2.42. The van der Waals surface area contributed by atoms with Crippen LogP contribution in [0.2, 0.25) is 0 Å². The van der Waals surface area contributed by atoms with E-state index in [4.69, 9.17) is 0 Å². The quantitative estimate of drug-likeness (QED) is 0.168. The Labute approximate surface area is 394 Å². The largest absolute Gasteiger partial charge is 0.355 e. The van der Waals surface area contributed by atoms with E-state index < -0.39 is 0 Å². The lowest BCUT2D eigenvalue weighted by molar-refractivity contribution is 0.332. The van der Waals surface area contributed by atoms with Gasteiger partial charge in [-0.05, 0) is 169 Å². The van der Waals surface area contributed by atoms with E-state index in [1.54, 1.807) is 0 Å². The molecule has 0 spiro atoms. The summed E-state index contributed by atoms with van der Waals surface area (Å²) in [6.45, 7) is 22.0. The summed E-state index contributed by atoms with van der Waals surface area (Å²) in [5.74, 6) is 0. The molecule has 8 aromatic rings. The molecule has 0 saturated carbocycles. The predicted molar refractivity (Wildman–Crippen MR) is 286 cm³/mol. The molecule has 11 rings (SSSR count). The van der Waals surface area contributed by atoms with Crippen molar-refractivity contribution in [2.24, 2.45) is 0 Å². The average molecular weight is 859 g/mol. The SMILES string of the molecule is Cc1cc(-c2ccccc2)ccc1N1c2cc3c(cc2Bc2c(-c4cc5c(cc4Nc4ccc(-c6ccccc6)cc4)C(C)(C)CCC5(C)C)cc4ccccc4c21)C(C)(C)CCC3(C)C. The molecule has 0 bridgehead atoms. The lowest BCUT2D eigenvalue weighted by Gasteiger charge is -2.45. The van der Waals surface area contributed by atoms with Crippen molar-refractivity contribution in [2.75, 3.05) is 10.2 Å². The molecule has 3 aliphatic rings. The number of fused-ring (bicyclic) bond motifs is 6. The zero-order chi connectivity index (χ0) is 45.8. The number of nitrogens with zero attached hydrogens (tertiary/aromatic N) is 1. The molecular weight excluding hydrogens is 796 g/mol. The summed E-state index contributed by atoms with van der Waals surface area (Å²) < 4.78 is 0. The maximum Gasteiger partial charge on any atom is 0.198 e. The first-order chi connectivity index (χ1) is 31.6. The number of anilines is 5. The zero-order valence-corrected chi connectivity index (χ0v) is 40.5. The van der Waals surface area contributed by atoms with E-state index in [2.05, 4.69) is 230 Å². The van der Waals surface area contributed by atoms with Gasteiger partial charge in [0.2, 0.25) is 0 Å². The molecule has 3 heteroatoms. The van der Waals surface area contributed by atoms with Crippen molar-refractivity contribution in [1.29, 1.82) is 0 Å². The van der Waals surface area contributed by atoms with Gasteiger partial charge >= 0.3 is 0 Å². The Balaban J connectivity index is 1.18. The molecule has 2 nitrogen and oxygen atoms in total. The fourth-order valence-corrected chi connectivity index (χ4v) is 11.8. The Hall–Kier alpha value is -6.32. The fourth-order valence-electron chi connectivity index (χ4n) is 11.8. The Bertz CT molecular complexity index is 3190. The highest BCUT2D eigenvalue weighted by Crippen LogP contribution is 2.52. The summed E-state index contributed by atoms with van der Waals surface area (Å²) in [5, 5.41) is 6.61. The molecule has 0 amide bonds. The third kappa shape index (κ3) is 7.09. The van der Waals surface area contributed by atoms with Gasteiger partial charge in [-0.15, -0.1) is 0 Å². The number of aryl methyl sites for hydroxylation is 1. The Morgan fingerprint density at radius 1 is 0.455 bits per heavy atom. The molecule has 0 atom stereocenters. The monoisotopic (exact) mass is 859 g/mol. The van der Waals surface area contributed by atoms with Gasteiger partial charge in [0.05, 0.1) is 0 Å². The minimum absolute atomic E-state index is 0.0417. The molecule has 2 aliphatic carbocycles. The molecule has 1 heterocycles. The van der Waals surface area contributed by atoms with Crippen LogP contribution in [0.15, 0.2) is 158 Å². The van der Waals surface area contributed by atoms with E-state index in [1.807, 2.05) is 0 Å². The number of benzene rings is 8. The van der Waals surface area contributed by atoms with Gasteiger partial charge in [-0.3, -0.25) is 0 Å². The van der Waals surface area contributed by atoms with Crippen molar-refractivity contribution in [2.45, 2.75) is 110 Å². The van der Waals surface area contributed by atoms with E-state index in [-0.39, 0.29) is 21.7 Å². The van der Waals surface area contributed by atoms with E-state index in [9.17, 15) is 0 Å². The average Bonchev–Trinajstić information content (AvgIpc) is 3.31. The minimum atomic E-state index is 0.0417. The Kier molecular flexibility index (Phi) is 9.86. The van der Waals surface area contributed by atoms with Crippen molar-refractivity contribution in [1.82, 2.24) is 0 Å². The summed E-state index contributed by atoms with van der Waals surface area (Å²) >= 11 is 0. The normalized spacial score (nSPS) is 17.2. The molecule has 0 unspecified atom stereocenters. The molecule has 1 aliphatic heterocycles. The van der Waals surface area contributed by atoms with Crippen LogP contribution in [0.4, 0.5) is 28.4 Å². The molecule has 328 valence electrons. The van der Waals surface area contributed by atoms with Crippen LogP contribution in [0, 0.1) is 6.92 Å². The van der Waals surface area contributed by atoms with Crippen LogP contribution in [0.3, 0.4) is 0 Å². The van der Waals surface area contributed by atoms with Gasteiger partial charge in [0, 0.05) is 39.4 Å². The molecule has 8 aromatic carbocycles. The van der Waals surface area contributed by atoms with Crippen molar-refractivity contribution in [3.63, 3.8) is 0 Å². The molecule has 0 aromatic heterocycles. The second-order valence-corrected chi connectivity index (χ2v) is 22.4. The third-order valence-corrected chi connectivity index (χ3v) is 16.1. The lowest BCUT2D eigenvalue weighted by atomic mass is 9.54. The highest BCUT2D eigenvalue weighted by atomic mass is 15.2. The first-order valence-corrected chi connectivity index (χ1v) is 24.4. The molecular formula is C63H63BN2. The van der Waals surface area contributed by atoms with Crippen LogP contribution >= 0.6 is 0 Å². The minimum Gasteiger partial charge on any atom is -0.355 e. The summed E-state index contributed by atoms with van der Waals surface area (Å²) in [6, 6.07) is 59.7. The molecule has 0 radical (unpaired) electrons. The summed E-state index contributed by atoms with van der Waals surface area (Å²) in [4.78, 5) is 2.67. The van der Waals surface area contributed by atoms with Gasteiger partial charge in [0.15, 0.2) is 7.28 Å². The van der Waals surface area contributed by atoms with E-state index >= 15 is 0 Å². The fraction of sp³-hybridized carbons (Fsp3) is 0.270. The first kappa shape index (κ1) is 42.3. The number of rotatable bonds is 6. The predicted octanol–water partition coefficient (Wildman–Crippen LogP) is 15.8. The second-order valence-electron chi connectivity index (χ2n) is 22.4. The Morgan fingerprint density at radius 3 is 1.59 bits per heavy atom. The van der Waals surface area contributed by atoms with Crippen LogP contribution in [0.25, 0.3) is 44.2 Å². The van der Waals surface area contributed by atoms with Crippen LogP contribution in [0.5, 0.6) is 0 Å². The summed E-state index contributed by atoms with van der Waals surface area (Å²) in [7, 11) is 0.851. The lowest BCUT2D eigenvalue weighted by Crippen LogP contribution is -2.44. The van der Waals surface area contributed by atoms with Crippen LogP contribution in [-0.4, -0.2) is 7.28 Å². The van der Waals surface area contributed by atoms with Gasteiger partial charge in [0.25, 0.3) is 0 Å². The molecule has 0 saturated heterocycles. The van der Waals surface area contributed by atoms with Crippen LogP contribution in [0.1, 0.15) is 109 Å². The smallest absolute Gasteiger partial charge is 0.198 e. The summed E-state index contributed by atoms with van der Waals surface area (Å²) in [6.07, 6.45) is 4.68. The van der Waals surface area contributed by atoms with Crippen molar-refractivity contribution < 1.29 is 0 Å². The van der Waals surface area contributed by atoms with Crippen molar-refractivity contribution in [3.8, 4) is 33.4 Å². The maximum atomic E-state index is 4.06. The number of nitrogens with one attached hydrogen (secondary N) is 1. The Morgan fingerprint density at radius 2 is 0.970 bits per heavy atom. The van der Waals surface area contributed by atoms with Crippen LogP contribution in [-0.2, 0) is 21.7 Å². The van der Waals surface area contributed by atoms with E-state index in [1.165, 1.54) is 118 Å². The first-order valence-electron chi connectivity index (χ1n) is 24.4. The van der Waals surface area contributed by atoms with E-state index in [0.717, 1.165) is 25.8 Å². The van der Waals surface area contributed by atoms with Crippen LogP contribution < -0.4 is 21.1 Å². The number of hydrogen-bond acceptors (Lipinski definition) is 2. The van der Waals surface area contributed by atoms with Gasteiger partial charge in [-0.2, -0.15) is 0 Å². The standard InChI is InChI=1S/C63H63BN2/c1-40-34-44(42-20-14-11-15-21-42)26-29-56(40)66-57-39-53-51(61(4,5)31-33-63(53,8)9)37-54(57)64-58-49(35-45-22-16-17-23-47(45)59(58)66)48-36-50-52(62(6,7)32-30-60(50,2)3)38-55(48)65-46-27-24-43(25-28-46)41-18-12-10-13-19-41/h10-29,34-39,64-65H,30-33H2,1-9H3. The third-order valence-electron chi connectivity index (χ3n) is 16.1.